The third kappa shape index (κ3) is 4.30. The third-order valence-electron chi connectivity index (χ3n) is 4.04. The normalized spacial score (nSPS) is 20.7. The summed E-state index contributed by atoms with van der Waals surface area (Å²) in [6.45, 7) is 3.37. The van der Waals surface area contributed by atoms with E-state index in [-0.39, 0.29) is 17.9 Å². The van der Waals surface area contributed by atoms with E-state index in [4.69, 9.17) is 0 Å². The largest absolute Gasteiger partial charge is 0.393 e. The summed E-state index contributed by atoms with van der Waals surface area (Å²) in [5.74, 6) is 0.453. The van der Waals surface area contributed by atoms with E-state index in [1.807, 2.05) is 30.0 Å². The van der Waals surface area contributed by atoms with E-state index in [1.165, 1.54) is 0 Å². The molecule has 0 spiro atoms. The average molecular weight is 276 g/mol. The van der Waals surface area contributed by atoms with E-state index < -0.39 is 0 Å². The lowest BCUT2D eigenvalue weighted by molar-refractivity contribution is -0.133. The molecule has 1 N–H and O–H groups in total. The molecule has 1 aromatic rings. The summed E-state index contributed by atoms with van der Waals surface area (Å²) in [6.07, 6.45) is 5.75. The van der Waals surface area contributed by atoms with Crippen molar-refractivity contribution in [1.82, 2.24) is 9.88 Å². The number of amides is 1. The lowest BCUT2D eigenvalue weighted by Crippen LogP contribution is -2.42. The van der Waals surface area contributed by atoms with Crippen LogP contribution in [0.1, 0.15) is 38.3 Å². The molecule has 0 radical (unpaired) electrons. The molecule has 0 aromatic carbocycles. The summed E-state index contributed by atoms with van der Waals surface area (Å²) < 4.78 is 0. The molecule has 4 nitrogen and oxygen atoms in total. The minimum atomic E-state index is -0.320. The van der Waals surface area contributed by atoms with Gasteiger partial charge in [0.2, 0.25) is 5.91 Å². The van der Waals surface area contributed by atoms with Crippen molar-refractivity contribution in [2.24, 2.45) is 5.92 Å². The standard InChI is InChI=1S/C16H24N2O2/c1-13(19)14-6-5-11-18(12-14)16(20)9-4-8-15-7-2-3-10-17-15/h2-3,7,10,13-14,19H,4-6,8-9,11-12H2,1H3. The molecule has 1 amide bonds. The zero-order valence-electron chi connectivity index (χ0n) is 12.2. The van der Waals surface area contributed by atoms with E-state index >= 15 is 0 Å². The number of aliphatic hydroxyl groups excluding tert-OH is 1. The van der Waals surface area contributed by atoms with Gasteiger partial charge in [-0.05, 0) is 44.7 Å². The summed E-state index contributed by atoms with van der Waals surface area (Å²) in [4.78, 5) is 18.4. The van der Waals surface area contributed by atoms with Crippen LogP contribution in [0.5, 0.6) is 0 Å². The smallest absolute Gasteiger partial charge is 0.222 e. The van der Waals surface area contributed by atoms with Crippen LogP contribution in [0.15, 0.2) is 24.4 Å². The molecule has 2 rings (SSSR count). The van der Waals surface area contributed by atoms with Gasteiger partial charge in [0, 0.05) is 37.3 Å². The van der Waals surface area contributed by atoms with Crippen molar-refractivity contribution in [2.45, 2.75) is 45.1 Å². The van der Waals surface area contributed by atoms with Crippen molar-refractivity contribution in [1.29, 1.82) is 0 Å². The molecular weight excluding hydrogens is 252 g/mol. The van der Waals surface area contributed by atoms with Crippen LogP contribution in [0.3, 0.4) is 0 Å². The molecule has 0 bridgehead atoms. The highest BCUT2D eigenvalue weighted by atomic mass is 16.3. The molecule has 4 heteroatoms. The first-order valence-corrected chi connectivity index (χ1v) is 7.52. The van der Waals surface area contributed by atoms with E-state index in [1.54, 1.807) is 6.20 Å². The number of nitrogens with zero attached hydrogens (tertiary/aromatic N) is 2. The number of carbonyl (C=O) groups is 1. The van der Waals surface area contributed by atoms with Gasteiger partial charge in [0.25, 0.3) is 0 Å². The Bertz CT molecular complexity index is 420. The van der Waals surface area contributed by atoms with Crippen LogP contribution in [0, 0.1) is 5.92 Å². The summed E-state index contributed by atoms with van der Waals surface area (Å²) in [6, 6.07) is 5.87. The molecule has 1 saturated heterocycles. The minimum absolute atomic E-state index is 0.214. The maximum absolute atomic E-state index is 12.2. The molecule has 1 aliphatic rings. The van der Waals surface area contributed by atoms with Gasteiger partial charge in [0.05, 0.1) is 6.10 Å². The molecule has 2 unspecified atom stereocenters. The van der Waals surface area contributed by atoms with Crippen LogP contribution < -0.4 is 0 Å². The average Bonchev–Trinajstić information content (AvgIpc) is 2.48. The van der Waals surface area contributed by atoms with E-state index in [9.17, 15) is 9.90 Å². The van der Waals surface area contributed by atoms with E-state index in [2.05, 4.69) is 4.98 Å². The molecule has 2 heterocycles. The van der Waals surface area contributed by atoms with Gasteiger partial charge >= 0.3 is 0 Å². The minimum Gasteiger partial charge on any atom is -0.393 e. The highest BCUT2D eigenvalue weighted by molar-refractivity contribution is 5.76. The van der Waals surface area contributed by atoms with Crippen molar-refractivity contribution in [3.63, 3.8) is 0 Å². The van der Waals surface area contributed by atoms with Gasteiger partial charge in [-0.25, -0.2) is 0 Å². The first-order chi connectivity index (χ1) is 9.66. The Kier molecular flexibility index (Phi) is 5.53. The third-order valence-corrected chi connectivity index (χ3v) is 4.04. The molecule has 2 atom stereocenters. The highest BCUT2D eigenvalue weighted by Gasteiger charge is 2.25. The van der Waals surface area contributed by atoms with Gasteiger partial charge in [0.15, 0.2) is 0 Å². The number of hydrogen-bond acceptors (Lipinski definition) is 3. The lowest BCUT2D eigenvalue weighted by atomic mass is 9.93. The van der Waals surface area contributed by atoms with Gasteiger partial charge < -0.3 is 10.0 Å². The van der Waals surface area contributed by atoms with Crippen molar-refractivity contribution in [3.05, 3.63) is 30.1 Å². The predicted octanol–water partition coefficient (Wildman–Crippen LogP) is 2.02. The second kappa shape index (κ2) is 7.39. The second-order valence-corrected chi connectivity index (χ2v) is 5.66. The van der Waals surface area contributed by atoms with Crippen LogP contribution in [0.4, 0.5) is 0 Å². The maximum Gasteiger partial charge on any atom is 0.222 e. The Hall–Kier alpha value is -1.42. The molecule has 0 saturated carbocycles. The quantitative estimate of drug-likeness (QED) is 0.895. The molecule has 110 valence electrons. The summed E-state index contributed by atoms with van der Waals surface area (Å²) in [5.41, 5.74) is 1.04. The molecule has 1 aliphatic heterocycles. The lowest BCUT2D eigenvalue weighted by Gasteiger charge is -2.34. The van der Waals surface area contributed by atoms with Crippen LogP contribution in [0.2, 0.25) is 0 Å². The van der Waals surface area contributed by atoms with Crippen LogP contribution in [0.25, 0.3) is 0 Å². The van der Waals surface area contributed by atoms with Gasteiger partial charge in [-0.1, -0.05) is 6.07 Å². The van der Waals surface area contributed by atoms with Crippen molar-refractivity contribution in [2.75, 3.05) is 13.1 Å². The fourth-order valence-corrected chi connectivity index (χ4v) is 2.76. The fraction of sp³-hybridized carbons (Fsp3) is 0.625. The number of piperidine rings is 1. The van der Waals surface area contributed by atoms with Crippen LogP contribution >= 0.6 is 0 Å². The van der Waals surface area contributed by atoms with Gasteiger partial charge in [-0.3, -0.25) is 9.78 Å². The fourth-order valence-electron chi connectivity index (χ4n) is 2.76. The van der Waals surface area contributed by atoms with Crippen molar-refractivity contribution < 1.29 is 9.90 Å². The second-order valence-electron chi connectivity index (χ2n) is 5.66. The number of aryl methyl sites for hydroxylation is 1. The number of carbonyl (C=O) groups excluding carboxylic acids is 1. The van der Waals surface area contributed by atoms with Gasteiger partial charge in [-0.2, -0.15) is 0 Å². The molecular formula is C16H24N2O2. The zero-order valence-corrected chi connectivity index (χ0v) is 12.2. The number of pyridine rings is 1. The number of aliphatic hydroxyl groups is 1. The Morgan fingerprint density at radius 1 is 1.55 bits per heavy atom. The topological polar surface area (TPSA) is 53.4 Å². The summed E-state index contributed by atoms with van der Waals surface area (Å²) in [5, 5.41) is 9.66. The summed E-state index contributed by atoms with van der Waals surface area (Å²) >= 11 is 0. The van der Waals surface area contributed by atoms with E-state index in [0.29, 0.717) is 13.0 Å². The molecule has 0 aliphatic carbocycles. The van der Waals surface area contributed by atoms with Crippen LogP contribution in [-0.4, -0.2) is 40.1 Å². The Labute approximate surface area is 120 Å². The number of hydrogen-bond donors (Lipinski definition) is 1. The highest BCUT2D eigenvalue weighted by Crippen LogP contribution is 2.20. The number of likely N-dealkylation sites (tertiary alicyclic amines) is 1. The van der Waals surface area contributed by atoms with Crippen molar-refractivity contribution >= 4 is 5.91 Å². The zero-order chi connectivity index (χ0) is 14.4. The van der Waals surface area contributed by atoms with E-state index in [0.717, 1.165) is 37.9 Å². The SMILES string of the molecule is CC(O)C1CCCN(C(=O)CCCc2ccccn2)C1. The first kappa shape index (κ1) is 15.0. The Morgan fingerprint density at radius 2 is 2.40 bits per heavy atom. The number of rotatable bonds is 5. The Balaban J connectivity index is 1.74. The van der Waals surface area contributed by atoms with Crippen LogP contribution in [-0.2, 0) is 11.2 Å². The maximum atomic E-state index is 12.2. The Morgan fingerprint density at radius 3 is 3.10 bits per heavy atom. The summed E-state index contributed by atoms with van der Waals surface area (Å²) in [7, 11) is 0. The molecule has 1 aromatic heterocycles. The van der Waals surface area contributed by atoms with Gasteiger partial charge in [-0.15, -0.1) is 0 Å². The predicted molar refractivity (Wildman–Crippen MR) is 78.2 cm³/mol. The monoisotopic (exact) mass is 276 g/mol. The van der Waals surface area contributed by atoms with Gasteiger partial charge in [0.1, 0.15) is 0 Å². The first-order valence-electron chi connectivity index (χ1n) is 7.52. The number of aromatic nitrogens is 1. The molecule has 20 heavy (non-hydrogen) atoms. The molecule has 1 fully saturated rings. The van der Waals surface area contributed by atoms with Crippen molar-refractivity contribution in [3.8, 4) is 0 Å².